The van der Waals surface area contributed by atoms with Crippen molar-refractivity contribution < 1.29 is 9.59 Å². The van der Waals surface area contributed by atoms with Crippen LogP contribution in [0, 0.1) is 0 Å². The van der Waals surface area contributed by atoms with Crippen molar-refractivity contribution in [3.63, 3.8) is 0 Å². The summed E-state index contributed by atoms with van der Waals surface area (Å²) in [5, 5.41) is 16.7. The average molecular weight is 355 g/mol. The van der Waals surface area contributed by atoms with E-state index in [1.54, 1.807) is 38.1 Å². The van der Waals surface area contributed by atoms with Gasteiger partial charge in [-0.1, -0.05) is 23.4 Å². The van der Waals surface area contributed by atoms with Crippen LogP contribution in [0.25, 0.3) is 5.69 Å². The van der Waals surface area contributed by atoms with Crippen molar-refractivity contribution in [2.75, 3.05) is 6.54 Å². The van der Waals surface area contributed by atoms with Crippen LogP contribution in [-0.4, -0.2) is 43.9 Å². The molecule has 0 aliphatic heterocycles. The van der Waals surface area contributed by atoms with E-state index in [9.17, 15) is 9.59 Å². The second kappa shape index (κ2) is 7.93. The molecule has 23 heavy (non-hydrogen) atoms. The zero-order chi connectivity index (χ0) is 16.8. The largest absolute Gasteiger partial charge is 0.338 e. The van der Waals surface area contributed by atoms with Gasteiger partial charge in [0.1, 0.15) is 0 Å². The lowest BCUT2D eigenvalue weighted by Gasteiger charge is -2.11. The molecule has 0 saturated carbocycles. The van der Waals surface area contributed by atoms with Crippen molar-refractivity contribution in [1.82, 2.24) is 30.8 Å². The molecule has 3 amide bonds. The van der Waals surface area contributed by atoms with Gasteiger partial charge in [0.2, 0.25) is 11.1 Å². The fourth-order valence-electron chi connectivity index (χ4n) is 1.63. The lowest BCUT2D eigenvalue weighted by atomic mass is 10.3. The van der Waals surface area contributed by atoms with Gasteiger partial charge in [0.05, 0.1) is 10.9 Å². The van der Waals surface area contributed by atoms with E-state index in [0.717, 1.165) is 17.4 Å². The summed E-state index contributed by atoms with van der Waals surface area (Å²) >= 11 is 7.00. The number of imide groups is 1. The SMILES string of the molecule is CCNC(=O)NC(=O)[C@H](C)Sc1nnnn1-c1ccc(Cl)cc1. The number of tetrazole rings is 1. The van der Waals surface area contributed by atoms with Gasteiger partial charge < -0.3 is 5.32 Å². The van der Waals surface area contributed by atoms with Gasteiger partial charge in [-0.15, -0.1) is 5.10 Å². The molecule has 0 saturated heterocycles. The number of benzene rings is 1. The van der Waals surface area contributed by atoms with E-state index in [-0.39, 0.29) is 0 Å². The van der Waals surface area contributed by atoms with E-state index in [0.29, 0.717) is 16.7 Å². The Balaban J connectivity index is 2.06. The van der Waals surface area contributed by atoms with Gasteiger partial charge in [0, 0.05) is 11.6 Å². The number of nitrogens with one attached hydrogen (secondary N) is 2. The van der Waals surface area contributed by atoms with Gasteiger partial charge in [0.15, 0.2) is 0 Å². The highest BCUT2D eigenvalue weighted by molar-refractivity contribution is 8.00. The molecule has 122 valence electrons. The first-order chi connectivity index (χ1) is 11.0. The first kappa shape index (κ1) is 17.2. The lowest BCUT2D eigenvalue weighted by Crippen LogP contribution is -2.42. The van der Waals surface area contributed by atoms with E-state index < -0.39 is 17.2 Å². The van der Waals surface area contributed by atoms with Gasteiger partial charge in [-0.2, -0.15) is 4.68 Å². The van der Waals surface area contributed by atoms with Crippen LogP contribution in [0.15, 0.2) is 29.4 Å². The molecule has 8 nitrogen and oxygen atoms in total. The fourth-order valence-corrected chi connectivity index (χ4v) is 2.56. The van der Waals surface area contributed by atoms with Crippen LogP contribution in [0.3, 0.4) is 0 Å². The van der Waals surface area contributed by atoms with Gasteiger partial charge in [-0.3, -0.25) is 10.1 Å². The molecule has 0 unspecified atom stereocenters. The summed E-state index contributed by atoms with van der Waals surface area (Å²) in [7, 11) is 0. The van der Waals surface area contributed by atoms with Gasteiger partial charge in [-0.25, -0.2) is 4.79 Å². The lowest BCUT2D eigenvalue weighted by molar-refractivity contribution is -0.119. The normalized spacial score (nSPS) is 11.8. The molecule has 0 bridgehead atoms. The van der Waals surface area contributed by atoms with Crippen molar-refractivity contribution in [3.05, 3.63) is 29.3 Å². The van der Waals surface area contributed by atoms with Gasteiger partial charge >= 0.3 is 6.03 Å². The number of hydrogen-bond donors (Lipinski definition) is 2. The smallest absolute Gasteiger partial charge is 0.321 e. The highest BCUT2D eigenvalue weighted by Gasteiger charge is 2.20. The predicted octanol–water partition coefficient (Wildman–Crippen LogP) is 1.64. The number of hydrogen-bond acceptors (Lipinski definition) is 6. The van der Waals surface area contributed by atoms with Crippen LogP contribution in [0.4, 0.5) is 4.79 Å². The van der Waals surface area contributed by atoms with E-state index in [2.05, 4.69) is 26.2 Å². The fraction of sp³-hybridized carbons (Fsp3) is 0.308. The molecular weight excluding hydrogens is 340 g/mol. The molecule has 1 heterocycles. The first-order valence-corrected chi connectivity index (χ1v) is 8.06. The summed E-state index contributed by atoms with van der Waals surface area (Å²) in [6.07, 6.45) is 0. The van der Waals surface area contributed by atoms with Crippen LogP contribution in [0.1, 0.15) is 13.8 Å². The Kier molecular flexibility index (Phi) is 5.94. The number of urea groups is 1. The summed E-state index contributed by atoms with van der Waals surface area (Å²) in [5.41, 5.74) is 0.721. The maximum atomic E-state index is 12.0. The van der Waals surface area contributed by atoms with Crippen molar-refractivity contribution >= 4 is 35.3 Å². The van der Waals surface area contributed by atoms with Crippen molar-refractivity contribution in [2.24, 2.45) is 0 Å². The van der Waals surface area contributed by atoms with Gasteiger partial charge in [-0.05, 0) is 48.5 Å². The third kappa shape index (κ3) is 4.67. The Labute approximate surface area is 142 Å². The number of rotatable bonds is 5. The van der Waals surface area contributed by atoms with Crippen LogP contribution >= 0.6 is 23.4 Å². The van der Waals surface area contributed by atoms with E-state index in [1.165, 1.54) is 4.68 Å². The molecule has 2 rings (SSSR count). The maximum absolute atomic E-state index is 12.0. The monoisotopic (exact) mass is 354 g/mol. The molecule has 10 heteroatoms. The molecular formula is C13H15ClN6O2S. The number of nitrogens with zero attached hydrogens (tertiary/aromatic N) is 4. The maximum Gasteiger partial charge on any atom is 0.321 e. The highest BCUT2D eigenvalue weighted by atomic mass is 35.5. The third-order valence-corrected chi connectivity index (χ3v) is 4.02. The minimum Gasteiger partial charge on any atom is -0.338 e. The topological polar surface area (TPSA) is 102 Å². The Morgan fingerprint density at radius 3 is 2.70 bits per heavy atom. The van der Waals surface area contributed by atoms with E-state index in [4.69, 9.17) is 11.6 Å². The average Bonchev–Trinajstić information content (AvgIpc) is 2.96. The van der Waals surface area contributed by atoms with Crippen LogP contribution in [0.2, 0.25) is 5.02 Å². The molecule has 1 atom stereocenters. The number of carbonyl (C=O) groups is 2. The summed E-state index contributed by atoms with van der Waals surface area (Å²) in [6.45, 7) is 3.87. The zero-order valence-electron chi connectivity index (χ0n) is 12.5. The Morgan fingerprint density at radius 2 is 2.04 bits per heavy atom. The molecule has 1 aromatic carbocycles. The Hall–Kier alpha value is -2.13. The van der Waals surface area contributed by atoms with E-state index >= 15 is 0 Å². The number of thioether (sulfide) groups is 1. The zero-order valence-corrected chi connectivity index (χ0v) is 14.1. The van der Waals surface area contributed by atoms with Crippen LogP contribution in [-0.2, 0) is 4.79 Å². The van der Waals surface area contributed by atoms with Crippen LogP contribution < -0.4 is 10.6 Å². The summed E-state index contributed by atoms with van der Waals surface area (Å²) in [5.74, 6) is -0.424. The van der Waals surface area contributed by atoms with Crippen molar-refractivity contribution in [1.29, 1.82) is 0 Å². The van der Waals surface area contributed by atoms with Crippen LogP contribution in [0.5, 0.6) is 0 Å². The summed E-state index contributed by atoms with van der Waals surface area (Å²) < 4.78 is 1.50. The molecule has 0 aliphatic carbocycles. The second-order valence-corrected chi connectivity index (χ2v) is 6.20. The first-order valence-electron chi connectivity index (χ1n) is 6.81. The number of amides is 3. The molecule has 0 radical (unpaired) electrons. The van der Waals surface area contributed by atoms with Crippen molar-refractivity contribution in [3.8, 4) is 5.69 Å². The minimum atomic E-state index is -0.547. The molecule has 0 fully saturated rings. The second-order valence-electron chi connectivity index (χ2n) is 4.46. The highest BCUT2D eigenvalue weighted by Crippen LogP contribution is 2.23. The summed E-state index contributed by atoms with van der Waals surface area (Å²) in [6, 6.07) is 6.45. The molecule has 2 N–H and O–H groups in total. The molecule has 0 aliphatic rings. The number of carbonyl (C=O) groups excluding carboxylic acids is 2. The van der Waals surface area contributed by atoms with Crippen molar-refractivity contribution in [2.45, 2.75) is 24.3 Å². The molecule has 0 spiro atoms. The third-order valence-electron chi connectivity index (χ3n) is 2.74. The predicted molar refractivity (Wildman–Crippen MR) is 86.7 cm³/mol. The molecule has 2 aromatic rings. The van der Waals surface area contributed by atoms with E-state index in [1.807, 2.05) is 0 Å². The Morgan fingerprint density at radius 1 is 1.35 bits per heavy atom. The Bertz CT molecular complexity index is 690. The quantitative estimate of drug-likeness (QED) is 0.791. The minimum absolute atomic E-state index is 0.424. The van der Waals surface area contributed by atoms with Gasteiger partial charge in [0.25, 0.3) is 0 Å². The summed E-state index contributed by atoms with van der Waals surface area (Å²) in [4.78, 5) is 23.3. The number of halogens is 1. The molecule has 1 aromatic heterocycles. The number of aromatic nitrogens is 4. The standard InChI is InChI=1S/C13H15ClN6O2S/c1-3-15-12(22)16-11(21)8(2)23-13-17-18-19-20(13)10-6-4-9(14)5-7-10/h4-8H,3H2,1-2H3,(H2,15,16,21,22)/t8-/m0/s1.